The zero-order valence-electron chi connectivity index (χ0n) is 12.8. The lowest BCUT2D eigenvalue weighted by Gasteiger charge is -2.10. The highest BCUT2D eigenvalue weighted by Crippen LogP contribution is 2.25. The van der Waals surface area contributed by atoms with E-state index in [1.165, 1.54) is 0 Å². The Morgan fingerprint density at radius 1 is 1.23 bits per heavy atom. The molecule has 0 amide bonds. The molecule has 0 spiro atoms. The van der Waals surface area contributed by atoms with Gasteiger partial charge in [0.1, 0.15) is 11.3 Å². The van der Waals surface area contributed by atoms with Crippen LogP contribution in [0.1, 0.15) is 17.1 Å². The summed E-state index contributed by atoms with van der Waals surface area (Å²) in [6.07, 6.45) is 1.15. The van der Waals surface area contributed by atoms with Gasteiger partial charge in [0.15, 0.2) is 0 Å². The van der Waals surface area contributed by atoms with Gasteiger partial charge in [-0.25, -0.2) is 18.1 Å². The molecule has 0 saturated carbocycles. The summed E-state index contributed by atoms with van der Waals surface area (Å²) in [4.78, 5) is 4.55. The third kappa shape index (κ3) is 2.33. The first-order valence-corrected chi connectivity index (χ1v) is 8.67. The molecule has 0 bridgehead atoms. The van der Waals surface area contributed by atoms with E-state index in [0.29, 0.717) is 18.7 Å². The van der Waals surface area contributed by atoms with Gasteiger partial charge in [-0.3, -0.25) is 0 Å². The van der Waals surface area contributed by atoms with Gasteiger partial charge in [-0.2, -0.15) is 4.52 Å². The van der Waals surface area contributed by atoms with Crippen molar-refractivity contribution < 1.29 is 8.42 Å². The predicted molar refractivity (Wildman–Crippen MR) is 81.1 cm³/mol. The second kappa shape index (κ2) is 4.99. The van der Waals surface area contributed by atoms with E-state index >= 15 is 0 Å². The molecule has 1 N–H and O–H groups in total. The van der Waals surface area contributed by atoms with Gasteiger partial charge in [0.2, 0.25) is 15.7 Å². The molecule has 0 saturated heterocycles. The summed E-state index contributed by atoms with van der Waals surface area (Å²) < 4.78 is 28.6. The summed E-state index contributed by atoms with van der Waals surface area (Å²) in [6.45, 7) is 6.61. The molecule has 0 aliphatic rings. The van der Waals surface area contributed by atoms with E-state index in [2.05, 4.69) is 25.2 Å². The summed E-state index contributed by atoms with van der Waals surface area (Å²) in [7, 11) is -3.21. The molecular formula is C12H17N7O2S. The molecule has 3 rings (SSSR count). The molecular weight excluding hydrogens is 306 g/mol. The summed E-state index contributed by atoms with van der Waals surface area (Å²) in [6, 6.07) is 0. The van der Waals surface area contributed by atoms with Crippen molar-refractivity contribution in [2.24, 2.45) is 0 Å². The SMILES string of the molecule is Cc1c(C)n2nnnc2c2nc(C)n(CCNS(C)(=O)=O)c12. The number of hydrogen-bond donors (Lipinski definition) is 1. The topological polar surface area (TPSA) is 107 Å². The number of nitrogens with one attached hydrogen (secondary N) is 1. The van der Waals surface area contributed by atoms with Crippen LogP contribution in [0.3, 0.4) is 0 Å². The Bertz CT molecular complexity index is 971. The van der Waals surface area contributed by atoms with Crippen LogP contribution in [-0.4, -0.2) is 50.8 Å². The van der Waals surface area contributed by atoms with Crippen LogP contribution in [0.15, 0.2) is 0 Å². The second-order valence-corrected chi connectivity index (χ2v) is 7.13. The number of fused-ring (bicyclic) bond motifs is 3. The van der Waals surface area contributed by atoms with Crippen LogP contribution in [0.4, 0.5) is 0 Å². The standard InChI is InChI=1S/C12H17N7O2S/c1-7-8(2)19-12(15-16-17-19)10-11(7)18(9(3)14-10)6-5-13-22(4,20)21/h13H,5-6H2,1-4H3. The van der Waals surface area contributed by atoms with Crippen molar-refractivity contribution in [3.05, 3.63) is 17.1 Å². The van der Waals surface area contributed by atoms with Crippen molar-refractivity contribution in [2.45, 2.75) is 27.3 Å². The summed E-state index contributed by atoms with van der Waals surface area (Å²) >= 11 is 0. The van der Waals surface area contributed by atoms with E-state index in [4.69, 9.17) is 0 Å². The Morgan fingerprint density at radius 3 is 2.64 bits per heavy atom. The van der Waals surface area contributed by atoms with Crippen molar-refractivity contribution in [1.29, 1.82) is 0 Å². The van der Waals surface area contributed by atoms with Gasteiger partial charge in [0.25, 0.3) is 0 Å². The number of rotatable bonds is 4. The third-order valence-electron chi connectivity index (χ3n) is 3.76. The summed E-state index contributed by atoms with van der Waals surface area (Å²) in [5, 5.41) is 11.7. The molecule has 0 atom stereocenters. The number of pyridine rings is 1. The first kappa shape index (κ1) is 14.9. The maximum absolute atomic E-state index is 11.2. The monoisotopic (exact) mass is 323 g/mol. The molecule has 3 aromatic heterocycles. The Morgan fingerprint density at radius 2 is 1.95 bits per heavy atom. The molecule has 0 fully saturated rings. The van der Waals surface area contributed by atoms with E-state index in [1.54, 1.807) is 4.52 Å². The van der Waals surface area contributed by atoms with Crippen LogP contribution < -0.4 is 4.72 Å². The van der Waals surface area contributed by atoms with Gasteiger partial charge in [-0.1, -0.05) is 0 Å². The first-order valence-electron chi connectivity index (χ1n) is 6.78. The fourth-order valence-electron chi connectivity index (χ4n) is 2.61. The zero-order valence-corrected chi connectivity index (χ0v) is 13.6. The minimum atomic E-state index is -3.21. The largest absolute Gasteiger partial charge is 0.327 e. The average Bonchev–Trinajstić information content (AvgIpc) is 3.00. The molecule has 3 aromatic rings. The lowest BCUT2D eigenvalue weighted by molar-refractivity contribution is 0.578. The molecule has 118 valence electrons. The number of tetrazole rings is 1. The van der Waals surface area contributed by atoms with E-state index in [1.807, 2.05) is 25.3 Å². The fraction of sp³-hybridized carbons (Fsp3) is 0.500. The van der Waals surface area contributed by atoms with E-state index in [9.17, 15) is 8.42 Å². The number of aryl methyl sites for hydroxylation is 3. The van der Waals surface area contributed by atoms with Crippen LogP contribution in [0, 0.1) is 20.8 Å². The van der Waals surface area contributed by atoms with E-state index in [0.717, 1.165) is 34.4 Å². The minimum absolute atomic E-state index is 0.305. The smallest absolute Gasteiger partial charge is 0.208 e. The summed E-state index contributed by atoms with van der Waals surface area (Å²) in [5.74, 6) is 0.795. The van der Waals surface area contributed by atoms with Crippen LogP contribution in [-0.2, 0) is 16.6 Å². The Balaban J connectivity index is 2.14. The van der Waals surface area contributed by atoms with Crippen molar-refractivity contribution in [1.82, 2.24) is 34.3 Å². The summed E-state index contributed by atoms with van der Waals surface area (Å²) in [5.41, 5.74) is 4.23. The Hall–Kier alpha value is -2.07. The Labute approximate surface area is 127 Å². The number of aromatic nitrogens is 6. The van der Waals surface area contributed by atoms with Gasteiger partial charge in [-0.05, 0) is 36.8 Å². The van der Waals surface area contributed by atoms with Gasteiger partial charge in [-0.15, -0.1) is 5.10 Å². The average molecular weight is 323 g/mol. The number of sulfonamides is 1. The van der Waals surface area contributed by atoms with Crippen molar-refractivity contribution in [3.63, 3.8) is 0 Å². The lowest BCUT2D eigenvalue weighted by atomic mass is 10.2. The Kier molecular flexibility index (Phi) is 3.37. The van der Waals surface area contributed by atoms with Gasteiger partial charge in [0, 0.05) is 18.8 Å². The maximum Gasteiger partial charge on any atom is 0.208 e. The molecule has 0 unspecified atom stereocenters. The van der Waals surface area contributed by atoms with Crippen LogP contribution >= 0.6 is 0 Å². The molecule has 0 aromatic carbocycles. The fourth-order valence-corrected chi connectivity index (χ4v) is 3.07. The lowest BCUT2D eigenvalue weighted by Crippen LogP contribution is -2.26. The van der Waals surface area contributed by atoms with Gasteiger partial charge >= 0.3 is 0 Å². The molecule has 3 heterocycles. The molecule has 10 heteroatoms. The molecule has 0 aliphatic carbocycles. The van der Waals surface area contributed by atoms with Crippen LogP contribution in [0.5, 0.6) is 0 Å². The number of hydrogen-bond acceptors (Lipinski definition) is 6. The van der Waals surface area contributed by atoms with Crippen molar-refractivity contribution in [3.8, 4) is 0 Å². The molecule has 0 radical (unpaired) electrons. The second-order valence-electron chi connectivity index (χ2n) is 5.30. The molecule has 0 aliphatic heterocycles. The highest BCUT2D eigenvalue weighted by Gasteiger charge is 2.18. The normalized spacial score (nSPS) is 12.5. The zero-order chi connectivity index (χ0) is 16.1. The number of imidazole rings is 1. The highest BCUT2D eigenvalue weighted by molar-refractivity contribution is 7.88. The molecule has 9 nitrogen and oxygen atoms in total. The minimum Gasteiger partial charge on any atom is -0.327 e. The maximum atomic E-state index is 11.2. The third-order valence-corrected chi connectivity index (χ3v) is 4.48. The van der Waals surface area contributed by atoms with Gasteiger partial charge < -0.3 is 4.57 Å². The predicted octanol–water partition coefficient (Wildman–Crippen LogP) is -0.0515. The van der Waals surface area contributed by atoms with Gasteiger partial charge in [0.05, 0.1) is 11.8 Å². The van der Waals surface area contributed by atoms with Crippen molar-refractivity contribution >= 4 is 26.7 Å². The quantitative estimate of drug-likeness (QED) is 0.721. The first-order chi connectivity index (χ1) is 10.3. The van der Waals surface area contributed by atoms with E-state index in [-0.39, 0.29) is 0 Å². The van der Waals surface area contributed by atoms with Crippen molar-refractivity contribution in [2.75, 3.05) is 12.8 Å². The van der Waals surface area contributed by atoms with E-state index < -0.39 is 10.0 Å². The van der Waals surface area contributed by atoms with Crippen LogP contribution in [0.25, 0.3) is 16.7 Å². The highest BCUT2D eigenvalue weighted by atomic mass is 32.2. The number of nitrogens with zero attached hydrogens (tertiary/aromatic N) is 6. The van der Waals surface area contributed by atoms with Crippen LogP contribution in [0.2, 0.25) is 0 Å². The molecule has 22 heavy (non-hydrogen) atoms.